The van der Waals surface area contributed by atoms with Crippen molar-refractivity contribution in [3.05, 3.63) is 60.0 Å². The number of hydrogen-bond donors (Lipinski definition) is 1. The summed E-state index contributed by atoms with van der Waals surface area (Å²) in [6.45, 7) is 0.443. The summed E-state index contributed by atoms with van der Waals surface area (Å²) in [5.74, 6) is -0.248. The zero-order valence-electron chi connectivity index (χ0n) is 10.6. The summed E-state index contributed by atoms with van der Waals surface area (Å²) < 4.78 is 14.9. The highest BCUT2D eigenvalue weighted by Gasteiger charge is 2.15. The van der Waals surface area contributed by atoms with E-state index in [0.717, 1.165) is 16.4 Å². The summed E-state index contributed by atoms with van der Waals surface area (Å²) in [7, 11) is 0. The standard InChI is InChI=1S/C14H13FN4S/c15-11-6-4-10(5-7-11)12(9-16)20-14-18-17-13-3-1-2-8-19(13)14/h1-8,12H,9,16H2. The topological polar surface area (TPSA) is 56.2 Å². The Morgan fingerprint density at radius 1 is 1.15 bits per heavy atom. The number of aromatic nitrogens is 3. The van der Waals surface area contributed by atoms with Crippen molar-refractivity contribution in [2.24, 2.45) is 5.73 Å². The fraction of sp³-hybridized carbons (Fsp3) is 0.143. The Balaban J connectivity index is 1.89. The van der Waals surface area contributed by atoms with E-state index >= 15 is 0 Å². The van der Waals surface area contributed by atoms with Crippen molar-refractivity contribution >= 4 is 17.4 Å². The van der Waals surface area contributed by atoms with E-state index in [9.17, 15) is 4.39 Å². The maximum atomic E-state index is 13.0. The van der Waals surface area contributed by atoms with E-state index in [1.807, 2.05) is 28.8 Å². The van der Waals surface area contributed by atoms with Gasteiger partial charge in [0.25, 0.3) is 0 Å². The molecule has 3 aromatic rings. The molecule has 102 valence electrons. The minimum Gasteiger partial charge on any atom is -0.329 e. The van der Waals surface area contributed by atoms with Gasteiger partial charge in [0, 0.05) is 18.0 Å². The Hall–Kier alpha value is -1.92. The van der Waals surface area contributed by atoms with Crippen LogP contribution in [0.1, 0.15) is 10.8 Å². The highest BCUT2D eigenvalue weighted by Crippen LogP contribution is 2.33. The SMILES string of the molecule is NCC(Sc1nnc2ccccn12)c1ccc(F)cc1. The molecule has 2 aromatic heterocycles. The van der Waals surface area contributed by atoms with E-state index in [2.05, 4.69) is 10.2 Å². The molecule has 0 saturated carbocycles. The van der Waals surface area contributed by atoms with Crippen molar-refractivity contribution in [3.63, 3.8) is 0 Å². The van der Waals surface area contributed by atoms with Crippen LogP contribution in [0, 0.1) is 5.82 Å². The first kappa shape index (κ1) is 13.1. The third kappa shape index (κ3) is 2.52. The second-order valence-corrected chi connectivity index (χ2v) is 5.48. The molecular weight excluding hydrogens is 275 g/mol. The van der Waals surface area contributed by atoms with Crippen molar-refractivity contribution < 1.29 is 4.39 Å². The summed E-state index contributed by atoms with van der Waals surface area (Å²) >= 11 is 1.53. The summed E-state index contributed by atoms with van der Waals surface area (Å²) in [6, 6.07) is 12.1. The van der Waals surface area contributed by atoms with Crippen molar-refractivity contribution in [2.45, 2.75) is 10.4 Å². The number of nitrogens with two attached hydrogens (primary N) is 1. The molecule has 0 bridgehead atoms. The van der Waals surface area contributed by atoms with Crippen LogP contribution in [0.15, 0.2) is 53.8 Å². The molecule has 0 aliphatic rings. The normalized spacial score (nSPS) is 12.7. The number of thioether (sulfide) groups is 1. The quantitative estimate of drug-likeness (QED) is 0.750. The number of halogens is 1. The van der Waals surface area contributed by atoms with E-state index in [0.29, 0.717) is 6.54 Å². The second-order valence-electron chi connectivity index (χ2n) is 4.31. The molecular formula is C14H13FN4S. The number of nitrogens with zero attached hydrogens (tertiary/aromatic N) is 3. The molecule has 1 unspecified atom stereocenters. The van der Waals surface area contributed by atoms with Gasteiger partial charge in [0.1, 0.15) is 5.82 Å². The molecule has 0 spiro atoms. The van der Waals surface area contributed by atoms with Gasteiger partial charge >= 0.3 is 0 Å². The number of pyridine rings is 1. The van der Waals surface area contributed by atoms with E-state index in [4.69, 9.17) is 5.73 Å². The predicted molar refractivity (Wildman–Crippen MR) is 77.0 cm³/mol. The molecule has 1 aromatic carbocycles. The average Bonchev–Trinajstić information content (AvgIpc) is 2.89. The molecule has 6 heteroatoms. The minimum atomic E-state index is -0.248. The molecule has 0 amide bonds. The molecule has 0 aliphatic heterocycles. The predicted octanol–water partition coefficient (Wildman–Crippen LogP) is 2.66. The van der Waals surface area contributed by atoms with Gasteiger partial charge in [-0.1, -0.05) is 30.0 Å². The first-order valence-electron chi connectivity index (χ1n) is 6.20. The average molecular weight is 288 g/mol. The zero-order chi connectivity index (χ0) is 13.9. The molecule has 20 heavy (non-hydrogen) atoms. The highest BCUT2D eigenvalue weighted by molar-refractivity contribution is 7.99. The van der Waals surface area contributed by atoms with E-state index < -0.39 is 0 Å². The van der Waals surface area contributed by atoms with Crippen LogP contribution in [0.5, 0.6) is 0 Å². The lowest BCUT2D eigenvalue weighted by Gasteiger charge is -2.13. The first-order chi connectivity index (χ1) is 9.78. The largest absolute Gasteiger partial charge is 0.329 e. The maximum Gasteiger partial charge on any atom is 0.196 e. The van der Waals surface area contributed by atoms with Gasteiger partial charge in [-0.2, -0.15) is 0 Å². The molecule has 4 nitrogen and oxygen atoms in total. The van der Waals surface area contributed by atoms with Gasteiger partial charge in [0.15, 0.2) is 10.8 Å². The Kier molecular flexibility index (Phi) is 3.66. The third-order valence-corrected chi connectivity index (χ3v) is 4.22. The van der Waals surface area contributed by atoms with Gasteiger partial charge in [-0.25, -0.2) is 4.39 Å². The monoisotopic (exact) mass is 288 g/mol. The molecule has 0 radical (unpaired) electrons. The van der Waals surface area contributed by atoms with Crippen LogP contribution in [0.3, 0.4) is 0 Å². The first-order valence-corrected chi connectivity index (χ1v) is 7.08. The number of hydrogen-bond acceptors (Lipinski definition) is 4. The van der Waals surface area contributed by atoms with Crippen LogP contribution in [0.25, 0.3) is 5.65 Å². The van der Waals surface area contributed by atoms with Crippen molar-refractivity contribution in [2.75, 3.05) is 6.54 Å². The molecule has 2 N–H and O–H groups in total. The number of benzene rings is 1. The van der Waals surface area contributed by atoms with Crippen LogP contribution in [-0.2, 0) is 0 Å². The van der Waals surface area contributed by atoms with Crippen molar-refractivity contribution in [3.8, 4) is 0 Å². The number of rotatable bonds is 4. The summed E-state index contributed by atoms with van der Waals surface area (Å²) in [5, 5.41) is 9.07. The molecule has 1 atom stereocenters. The Labute approximate surface area is 119 Å². The highest BCUT2D eigenvalue weighted by atomic mass is 32.2. The fourth-order valence-corrected chi connectivity index (χ4v) is 2.96. The molecule has 3 rings (SSSR count). The van der Waals surface area contributed by atoms with Crippen molar-refractivity contribution in [1.82, 2.24) is 14.6 Å². The molecule has 0 fully saturated rings. The lowest BCUT2D eigenvalue weighted by Crippen LogP contribution is -2.10. The van der Waals surface area contributed by atoms with Crippen LogP contribution < -0.4 is 5.73 Å². The van der Waals surface area contributed by atoms with Crippen LogP contribution in [0.2, 0.25) is 0 Å². The summed E-state index contributed by atoms with van der Waals surface area (Å²) in [4.78, 5) is 0. The van der Waals surface area contributed by atoms with E-state index in [-0.39, 0.29) is 11.1 Å². The second kappa shape index (κ2) is 5.60. The summed E-state index contributed by atoms with van der Waals surface area (Å²) in [6.07, 6.45) is 1.91. The van der Waals surface area contributed by atoms with E-state index in [1.54, 1.807) is 12.1 Å². The lowest BCUT2D eigenvalue weighted by atomic mass is 10.1. The van der Waals surface area contributed by atoms with Crippen LogP contribution in [-0.4, -0.2) is 21.1 Å². The van der Waals surface area contributed by atoms with Gasteiger partial charge < -0.3 is 5.73 Å². The summed E-state index contributed by atoms with van der Waals surface area (Å²) in [5.41, 5.74) is 7.61. The number of fused-ring (bicyclic) bond motifs is 1. The third-order valence-electron chi connectivity index (χ3n) is 2.99. The molecule has 2 heterocycles. The van der Waals surface area contributed by atoms with Gasteiger partial charge in [0.2, 0.25) is 0 Å². The van der Waals surface area contributed by atoms with Crippen LogP contribution >= 0.6 is 11.8 Å². The van der Waals surface area contributed by atoms with Gasteiger partial charge in [0.05, 0.1) is 0 Å². The van der Waals surface area contributed by atoms with Gasteiger partial charge in [-0.05, 0) is 29.8 Å². The van der Waals surface area contributed by atoms with E-state index in [1.165, 1.54) is 23.9 Å². The Bertz CT molecular complexity index is 711. The Morgan fingerprint density at radius 3 is 2.70 bits per heavy atom. The molecule has 0 saturated heterocycles. The maximum absolute atomic E-state index is 13.0. The van der Waals surface area contributed by atoms with Crippen molar-refractivity contribution in [1.29, 1.82) is 0 Å². The smallest absolute Gasteiger partial charge is 0.196 e. The zero-order valence-corrected chi connectivity index (χ0v) is 11.4. The Morgan fingerprint density at radius 2 is 1.95 bits per heavy atom. The minimum absolute atomic E-state index is 0.0169. The van der Waals surface area contributed by atoms with Gasteiger partial charge in [-0.15, -0.1) is 10.2 Å². The van der Waals surface area contributed by atoms with Crippen LogP contribution in [0.4, 0.5) is 4.39 Å². The fourth-order valence-electron chi connectivity index (χ4n) is 1.96. The molecule has 0 aliphatic carbocycles. The lowest BCUT2D eigenvalue weighted by molar-refractivity contribution is 0.627. The van der Waals surface area contributed by atoms with Gasteiger partial charge in [-0.3, -0.25) is 4.40 Å².